The van der Waals surface area contributed by atoms with Gasteiger partial charge in [0.15, 0.2) is 17.6 Å². The lowest BCUT2D eigenvalue weighted by Gasteiger charge is -2.33. The van der Waals surface area contributed by atoms with Crippen LogP contribution in [0.1, 0.15) is 24.4 Å². The van der Waals surface area contributed by atoms with Gasteiger partial charge in [0.2, 0.25) is 5.91 Å². The first kappa shape index (κ1) is 20.9. The number of thioether (sulfide) groups is 1. The molecule has 0 spiro atoms. The van der Waals surface area contributed by atoms with Crippen LogP contribution in [0.2, 0.25) is 0 Å². The third-order valence-corrected chi connectivity index (χ3v) is 6.06. The lowest BCUT2D eigenvalue weighted by molar-refractivity contribution is -0.122. The molecule has 9 heteroatoms. The highest BCUT2D eigenvalue weighted by Crippen LogP contribution is 2.37. The van der Waals surface area contributed by atoms with E-state index in [-0.39, 0.29) is 30.2 Å². The lowest BCUT2D eigenvalue weighted by Crippen LogP contribution is -2.41. The number of carbonyl (C=O) groups excluding carboxylic acids is 2. The molecule has 0 saturated carbocycles. The van der Waals surface area contributed by atoms with Crippen LogP contribution in [-0.4, -0.2) is 38.9 Å². The summed E-state index contributed by atoms with van der Waals surface area (Å²) in [4.78, 5) is 26.5. The first-order chi connectivity index (χ1) is 15.0. The second kappa shape index (κ2) is 9.22. The molecule has 0 bridgehead atoms. The van der Waals surface area contributed by atoms with Gasteiger partial charge in [0.1, 0.15) is 5.75 Å². The number of hydrogen-bond acceptors (Lipinski definition) is 6. The van der Waals surface area contributed by atoms with Gasteiger partial charge in [0, 0.05) is 13.6 Å². The molecular formula is C22H23N5O3S. The number of nitrogens with one attached hydrogen (secondary N) is 1. The van der Waals surface area contributed by atoms with Crippen LogP contribution >= 0.6 is 11.8 Å². The molecule has 1 atom stereocenters. The molecule has 0 radical (unpaired) electrons. The predicted molar refractivity (Wildman–Crippen MR) is 118 cm³/mol. The van der Waals surface area contributed by atoms with E-state index in [0.29, 0.717) is 29.0 Å². The Hall–Kier alpha value is -3.33. The number of carbonyl (C=O) groups is 2. The van der Waals surface area contributed by atoms with Crippen molar-refractivity contribution >= 4 is 29.3 Å². The fraction of sp³-hybridized carbons (Fsp3) is 0.273. The normalized spacial score (nSPS) is 14.0. The molecule has 2 heterocycles. The summed E-state index contributed by atoms with van der Waals surface area (Å²) < 4.78 is 7.35. The molecule has 1 aliphatic rings. The maximum absolute atomic E-state index is 12.6. The molecule has 0 saturated heterocycles. The molecule has 0 fully saturated rings. The van der Waals surface area contributed by atoms with Crippen LogP contribution in [0.5, 0.6) is 5.75 Å². The van der Waals surface area contributed by atoms with Gasteiger partial charge in [0.05, 0.1) is 17.5 Å². The van der Waals surface area contributed by atoms with Crippen molar-refractivity contribution < 1.29 is 14.3 Å². The largest absolute Gasteiger partial charge is 0.482 e. The van der Waals surface area contributed by atoms with Gasteiger partial charge >= 0.3 is 0 Å². The van der Waals surface area contributed by atoms with Crippen LogP contribution in [-0.2, 0) is 23.2 Å². The van der Waals surface area contributed by atoms with Gasteiger partial charge in [-0.05, 0) is 24.6 Å². The summed E-state index contributed by atoms with van der Waals surface area (Å²) in [5.41, 5.74) is 1.76. The van der Waals surface area contributed by atoms with Gasteiger partial charge in [-0.25, -0.2) is 0 Å². The maximum Gasteiger partial charge on any atom is 0.265 e. The Kier molecular flexibility index (Phi) is 6.22. The zero-order valence-electron chi connectivity index (χ0n) is 17.3. The number of fused-ring (bicyclic) bond motifs is 1. The minimum Gasteiger partial charge on any atom is -0.482 e. The van der Waals surface area contributed by atoms with Crippen molar-refractivity contribution in [2.45, 2.75) is 24.7 Å². The molecular weight excluding hydrogens is 414 g/mol. The van der Waals surface area contributed by atoms with Crippen molar-refractivity contribution in [3.05, 3.63) is 66.0 Å². The van der Waals surface area contributed by atoms with E-state index < -0.39 is 0 Å². The highest BCUT2D eigenvalue weighted by Gasteiger charge is 2.32. The van der Waals surface area contributed by atoms with Crippen LogP contribution < -0.4 is 15.0 Å². The summed E-state index contributed by atoms with van der Waals surface area (Å²) in [6.07, 6.45) is 0. The Labute approximate surface area is 184 Å². The Bertz CT molecular complexity index is 1090. The zero-order chi connectivity index (χ0) is 21.8. The van der Waals surface area contributed by atoms with Crippen molar-refractivity contribution in [3.8, 4) is 5.75 Å². The summed E-state index contributed by atoms with van der Waals surface area (Å²) in [5.74, 6) is 1.32. The second-order valence-corrected chi connectivity index (χ2v) is 8.09. The van der Waals surface area contributed by atoms with Crippen LogP contribution in [0.4, 0.5) is 5.69 Å². The number of amides is 2. The summed E-state index contributed by atoms with van der Waals surface area (Å²) in [5, 5.41) is 12.0. The van der Waals surface area contributed by atoms with Gasteiger partial charge in [-0.1, -0.05) is 54.2 Å². The van der Waals surface area contributed by atoms with Gasteiger partial charge < -0.3 is 14.6 Å². The molecule has 2 aromatic carbocycles. The summed E-state index contributed by atoms with van der Waals surface area (Å²) in [6.45, 7) is 2.38. The number of anilines is 1. The van der Waals surface area contributed by atoms with Crippen molar-refractivity contribution in [1.82, 2.24) is 20.1 Å². The van der Waals surface area contributed by atoms with E-state index in [0.717, 1.165) is 5.56 Å². The molecule has 0 aliphatic carbocycles. The minimum atomic E-state index is -0.337. The molecule has 1 aliphatic heterocycles. The Balaban J connectivity index is 1.41. The molecule has 8 nitrogen and oxygen atoms in total. The number of ether oxygens (including phenoxy) is 1. The highest BCUT2D eigenvalue weighted by atomic mass is 32.2. The summed E-state index contributed by atoms with van der Waals surface area (Å²) in [6, 6.07) is 16.9. The Morgan fingerprint density at radius 1 is 1.16 bits per heavy atom. The average molecular weight is 438 g/mol. The first-order valence-corrected chi connectivity index (χ1v) is 10.9. The maximum atomic E-state index is 12.6. The van der Waals surface area contributed by atoms with Crippen LogP contribution in [0.3, 0.4) is 0 Å². The zero-order valence-corrected chi connectivity index (χ0v) is 18.1. The monoisotopic (exact) mass is 437 g/mol. The molecule has 3 aromatic rings. The Morgan fingerprint density at radius 3 is 2.71 bits per heavy atom. The quantitative estimate of drug-likeness (QED) is 0.572. The molecule has 31 heavy (non-hydrogen) atoms. The first-order valence-electron chi connectivity index (χ1n) is 9.91. The number of benzene rings is 2. The lowest BCUT2D eigenvalue weighted by atomic mass is 10.1. The van der Waals surface area contributed by atoms with E-state index in [4.69, 9.17) is 4.74 Å². The fourth-order valence-corrected chi connectivity index (χ4v) is 4.20. The SMILES string of the molecule is C[C@@H](c1nnc(SCC(=O)NCc2ccccc2)n1C)N1C(=O)COc2ccccc21. The van der Waals surface area contributed by atoms with E-state index in [1.54, 1.807) is 4.90 Å². The number of nitrogens with zero attached hydrogens (tertiary/aromatic N) is 4. The summed E-state index contributed by atoms with van der Waals surface area (Å²) >= 11 is 1.31. The van der Waals surface area contributed by atoms with Crippen LogP contribution in [0, 0.1) is 0 Å². The minimum absolute atomic E-state index is 0.0115. The highest BCUT2D eigenvalue weighted by molar-refractivity contribution is 7.99. The van der Waals surface area contributed by atoms with E-state index in [1.807, 2.05) is 73.1 Å². The van der Waals surface area contributed by atoms with Crippen molar-refractivity contribution in [2.75, 3.05) is 17.3 Å². The van der Waals surface area contributed by atoms with Gasteiger partial charge in [-0.2, -0.15) is 0 Å². The smallest absolute Gasteiger partial charge is 0.265 e. The molecule has 1 aromatic heterocycles. The molecule has 160 valence electrons. The van der Waals surface area contributed by atoms with Gasteiger partial charge in [-0.3, -0.25) is 14.5 Å². The van der Waals surface area contributed by atoms with Gasteiger partial charge in [-0.15, -0.1) is 10.2 Å². The molecule has 0 unspecified atom stereocenters. The van der Waals surface area contributed by atoms with Gasteiger partial charge in [0.25, 0.3) is 5.91 Å². The third-order valence-electron chi connectivity index (χ3n) is 5.04. The van der Waals surface area contributed by atoms with E-state index >= 15 is 0 Å². The van der Waals surface area contributed by atoms with Crippen molar-refractivity contribution in [3.63, 3.8) is 0 Å². The predicted octanol–water partition coefficient (Wildman–Crippen LogP) is 2.71. The van der Waals surface area contributed by atoms with E-state index in [1.165, 1.54) is 11.8 Å². The average Bonchev–Trinajstić information content (AvgIpc) is 3.16. The summed E-state index contributed by atoms with van der Waals surface area (Å²) in [7, 11) is 1.84. The van der Waals surface area contributed by atoms with E-state index in [2.05, 4.69) is 15.5 Å². The van der Waals surface area contributed by atoms with Crippen LogP contribution in [0.25, 0.3) is 0 Å². The standard InChI is InChI=1S/C22H23N5O3S/c1-15(27-17-10-6-7-11-18(17)30-13-20(27)29)21-24-25-22(26(21)2)31-14-19(28)23-12-16-8-4-3-5-9-16/h3-11,15H,12-14H2,1-2H3,(H,23,28)/t15-/m0/s1. The Morgan fingerprint density at radius 2 is 1.90 bits per heavy atom. The number of para-hydroxylation sites is 2. The van der Waals surface area contributed by atoms with Crippen molar-refractivity contribution in [1.29, 1.82) is 0 Å². The number of hydrogen-bond donors (Lipinski definition) is 1. The van der Waals surface area contributed by atoms with E-state index in [9.17, 15) is 9.59 Å². The fourth-order valence-electron chi connectivity index (χ4n) is 3.45. The van der Waals surface area contributed by atoms with Crippen molar-refractivity contribution in [2.24, 2.45) is 7.05 Å². The topological polar surface area (TPSA) is 89.4 Å². The molecule has 2 amide bonds. The second-order valence-electron chi connectivity index (χ2n) is 7.15. The third kappa shape index (κ3) is 4.56. The molecule has 4 rings (SSSR count). The number of aromatic nitrogens is 3. The number of rotatable bonds is 7. The molecule has 1 N–H and O–H groups in total. The van der Waals surface area contributed by atoms with Crippen LogP contribution in [0.15, 0.2) is 59.8 Å².